The van der Waals surface area contributed by atoms with Crippen molar-refractivity contribution in [3.63, 3.8) is 0 Å². The first-order chi connectivity index (χ1) is 13.2. The van der Waals surface area contributed by atoms with Gasteiger partial charge in [-0.3, -0.25) is 4.79 Å². The number of hydrogen-bond donors (Lipinski definition) is 1. The fourth-order valence-corrected chi connectivity index (χ4v) is 3.32. The quantitative estimate of drug-likeness (QED) is 0.487. The largest absolute Gasteiger partial charge is 0.366 e. The van der Waals surface area contributed by atoms with E-state index in [2.05, 4.69) is 18.2 Å². The van der Waals surface area contributed by atoms with E-state index < -0.39 is 5.91 Å². The van der Waals surface area contributed by atoms with Crippen molar-refractivity contribution in [2.24, 2.45) is 5.73 Å². The van der Waals surface area contributed by atoms with Crippen LogP contribution < -0.4 is 5.73 Å². The van der Waals surface area contributed by atoms with Gasteiger partial charge in [-0.05, 0) is 35.4 Å². The maximum atomic E-state index is 11.5. The maximum absolute atomic E-state index is 11.5. The van der Waals surface area contributed by atoms with Crippen LogP contribution in [0, 0.1) is 0 Å². The van der Waals surface area contributed by atoms with Gasteiger partial charge < -0.3 is 5.73 Å². The smallest absolute Gasteiger partial charge is 0.248 e. The van der Waals surface area contributed by atoms with E-state index in [0.717, 1.165) is 38.9 Å². The average Bonchev–Trinajstić information content (AvgIpc) is 2.73. The monoisotopic (exact) mass is 372 g/mol. The number of benzene rings is 3. The van der Waals surface area contributed by atoms with Crippen molar-refractivity contribution in [2.75, 3.05) is 0 Å². The molecule has 0 spiro atoms. The van der Waals surface area contributed by atoms with Crippen molar-refractivity contribution < 1.29 is 4.79 Å². The minimum absolute atomic E-state index is 0.445. The average molecular weight is 373 g/mol. The molecular weight excluding hydrogens is 356 g/mol. The van der Waals surface area contributed by atoms with Crippen LogP contribution in [-0.2, 0) is 5.88 Å². The number of hydrogen-bond acceptors (Lipinski definition) is 2. The summed E-state index contributed by atoms with van der Waals surface area (Å²) in [5, 5.41) is 0.881. The molecule has 0 radical (unpaired) electrons. The summed E-state index contributed by atoms with van der Waals surface area (Å²) in [6, 6.07) is 25.6. The van der Waals surface area contributed by atoms with Gasteiger partial charge in [-0.2, -0.15) is 0 Å². The summed E-state index contributed by atoms with van der Waals surface area (Å²) in [6.45, 7) is 0. The van der Waals surface area contributed by atoms with E-state index in [4.69, 9.17) is 22.3 Å². The van der Waals surface area contributed by atoms with Crippen LogP contribution in [0.2, 0.25) is 0 Å². The first-order valence-electron chi connectivity index (χ1n) is 8.61. The van der Waals surface area contributed by atoms with Crippen LogP contribution in [0.25, 0.3) is 33.3 Å². The van der Waals surface area contributed by atoms with Crippen LogP contribution in [0.3, 0.4) is 0 Å². The molecule has 0 atom stereocenters. The van der Waals surface area contributed by atoms with E-state index in [9.17, 15) is 4.79 Å². The van der Waals surface area contributed by atoms with E-state index in [0.29, 0.717) is 11.4 Å². The Bertz CT molecular complexity index is 1120. The third kappa shape index (κ3) is 3.42. The molecule has 0 fully saturated rings. The molecule has 4 rings (SSSR count). The second-order valence-electron chi connectivity index (χ2n) is 6.35. The van der Waals surface area contributed by atoms with Gasteiger partial charge in [0.05, 0.1) is 11.2 Å². The fraction of sp³-hybridized carbons (Fsp3) is 0.0435. The molecule has 0 unspecified atom stereocenters. The molecule has 4 heteroatoms. The molecule has 0 aliphatic carbocycles. The van der Waals surface area contributed by atoms with E-state index in [-0.39, 0.29) is 0 Å². The lowest BCUT2D eigenvalue weighted by atomic mass is 9.96. The number of nitrogens with zero attached hydrogens (tertiary/aromatic N) is 1. The number of nitrogens with two attached hydrogens (primary N) is 1. The minimum Gasteiger partial charge on any atom is -0.366 e. The van der Waals surface area contributed by atoms with Crippen LogP contribution in [0.5, 0.6) is 0 Å². The molecular formula is C23H17ClN2O. The summed E-state index contributed by atoms with van der Waals surface area (Å²) in [6.07, 6.45) is 0. The van der Waals surface area contributed by atoms with Crippen molar-refractivity contribution in [2.45, 2.75) is 5.88 Å². The molecule has 0 saturated heterocycles. The number of rotatable bonds is 4. The highest BCUT2D eigenvalue weighted by Crippen LogP contribution is 2.33. The van der Waals surface area contributed by atoms with Crippen molar-refractivity contribution in [1.82, 2.24) is 4.98 Å². The predicted octanol–water partition coefficient (Wildman–Crippen LogP) is 5.41. The summed E-state index contributed by atoms with van der Waals surface area (Å²) in [7, 11) is 0. The normalized spacial score (nSPS) is 10.9. The molecule has 27 heavy (non-hydrogen) atoms. The third-order valence-electron chi connectivity index (χ3n) is 4.57. The zero-order valence-corrected chi connectivity index (χ0v) is 15.3. The Balaban J connectivity index is 1.97. The lowest BCUT2D eigenvalue weighted by Crippen LogP contribution is -2.10. The number of alkyl halides is 1. The molecule has 3 aromatic carbocycles. The molecule has 1 heterocycles. The number of pyridine rings is 1. The van der Waals surface area contributed by atoms with Gasteiger partial charge in [0.25, 0.3) is 0 Å². The molecule has 0 bridgehead atoms. The van der Waals surface area contributed by atoms with Gasteiger partial charge in [0, 0.05) is 28.0 Å². The minimum atomic E-state index is -0.445. The van der Waals surface area contributed by atoms with Gasteiger partial charge in [-0.15, -0.1) is 11.6 Å². The molecule has 132 valence electrons. The lowest BCUT2D eigenvalue weighted by Gasteiger charge is -2.12. The number of amides is 1. The Morgan fingerprint density at radius 1 is 0.889 bits per heavy atom. The topological polar surface area (TPSA) is 56.0 Å². The first-order valence-corrected chi connectivity index (χ1v) is 9.14. The second kappa shape index (κ2) is 7.22. The zero-order chi connectivity index (χ0) is 18.8. The van der Waals surface area contributed by atoms with Crippen LogP contribution in [0.15, 0.2) is 78.9 Å². The van der Waals surface area contributed by atoms with Crippen LogP contribution in [0.1, 0.15) is 15.9 Å². The third-order valence-corrected chi connectivity index (χ3v) is 4.87. The standard InChI is InChI=1S/C23H17ClN2O/c24-14-15-6-8-17(9-7-15)22-20(16-4-2-1-3-5-16)13-19-12-18(23(25)27)10-11-21(19)26-22/h1-13H,14H2,(H2,25,27). The van der Waals surface area contributed by atoms with Crippen LogP contribution in [0.4, 0.5) is 0 Å². The van der Waals surface area contributed by atoms with E-state index in [1.54, 1.807) is 12.1 Å². The van der Waals surface area contributed by atoms with Gasteiger partial charge in [0.1, 0.15) is 0 Å². The van der Waals surface area contributed by atoms with Crippen LogP contribution >= 0.6 is 11.6 Å². The summed E-state index contributed by atoms with van der Waals surface area (Å²) in [4.78, 5) is 16.4. The molecule has 1 amide bonds. The highest BCUT2D eigenvalue weighted by molar-refractivity contribution is 6.17. The Morgan fingerprint density at radius 3 is 2.30 bits per heavy atom. The number of aromatic nitrogens is 1. The molecule has 3 nitrogen and oxygen atoms in total. The summed E-state index contributed by atoms with van der Waals surface area (Å²) >= 11 is 5.92. The molecule has 0 aliphatic rings. The highest BCUT2D eigenvalue weighted by Gasteiger charge is 2.12. The number of primary amides is 1. The van der Waals surface area contributed by atoms with E-state index >= 15 is 0 Å². The Labute approximate surface area is 162 Å². The molecule has 0 saturated carbocycles. The number of carbonyl (C=O) groups excluding carboxylic acids is 1. The molecule has 2 N–H and O–H groups in total. The molecule has 4 aromatic rings. The van der Waals surface area contributed by atoms with Crippen molar-refractivity contribution in [3.8, 4) is 22.4 Å². The second-order valence-corrected chi connectivity index (χ2v) is 6.62. The van der Waals surface area contributed by atoms with Crippen molar-refractivity contribution in [1.29, 1.82) is 0 Å². The Kier molecular flexibility index (Phi) is 4.61. The number of halogens is 1. The van der Waals surface area contributed by atoms with Crippen molar-refractivity contribution in [3.05, 3.63) is 90.0 Å². The van der Waals surface area contributed by atoms with E-state index in [1.165, 1.54) is 0 Å². The fourth-order valence-electron chi connectivity index (χ4n) is 3.14. The molecule has 1 aromatic heterocycles. The summed E-state index contributed by atoms with van der Waals surface area (Å²) < 4.78 is 0. The van der Waals surface area contributed by atoms with Crippen LogP contribution in [-0.4, -0.2) is 10.9 Å². The molecule has 0 aliphatic heterocycles. The first kappa shape index (κ1) is 17.3. The Morgan fingerprint density at radius 2 is 1.63 bits per heavy atom. The lowest BCUT2D eigenvalue weighted by molar-refractivity contribution is 0.100. The number of carbonyl (C=O) groups is 1. The Hall–Kier alpha value is -3.17. The van der Waals surface area contributed by atoms with Gasteiger partial charge in [0.15, 0.2) is 0 Å². The van der Waals surface area contributed by atoms with Gasteiger partial charge in [0.2, 0.25) is 5.91 Å². The maximum Gasteiger partial charge on any atom is 0.248 e. The van der Waals surface area contributed by atoms with Gasteiger partial charge in [-0.1, -0.05) is 54.6 Å². The highest BCUT2D eigenvalue weighted by atomic mass is 35.5. The number of fused-ring (bicyclic) bond motifs is 1. The van der Waals surface area contributed by atoms with E-state index in [1.807, 2.05) is 48.5 Å². The van der Waals surface area contributed by atoms with Crippen molar-refractivity contribution >= 4 is 28.4 Å². The zero-order valence-electron chi connectivity index (χ0n) is 14.5. The van der Waals surface area contributed by atoms with Gasteiger partial charge in [-0.25, -0.2) is 4.98 Å². The SMILES string of the molecule is NC(=O)c1ccc2nc(-c3ccc(CCl)cc3)c(-c3ccccc3)cc2c1. The summed E-state index contributed by atoms with van der Waals surface area (Å²) in [5.41, 5.74) is 11.8. The van der Waals surface area contributed by atoms with Gasteiger partial charge >= 0.3 is 0 Å². The predicted molar refractivity (Wildman–Crippen MR) is 111 cm³/mol. The summed E-state index contributed by atoms with van der Waals surface area (Å²) in [5.74, 6) is 0.0336.